The molecule has 0 bridgehead atoms. The molecule has 1 aliphatic heterocycles. The first kappa shape index (κ1) is 22.9. The molecule has 4 aromatic rings. The first-order chi connectivity index (χ1) is 17.1. The van der Waals surface area contributed by atoms with Crippen molar-refractivity contribution in [2.75, 3.05) is 29.9 Å². The Kier molecular flexibility index (Phi) is 6.63. The number of rotatable bonds is 7. The molecule has 0 spiro atoms. The van der Waals surface area contributed by atoms with Crippen LogP contribution in [0.1, 0.15) is 12.5 Å². The van der Waals surface area contributed by atoms with Gasteiger partial charge in [0, 0.05) is 23.3 Å². The molecule has 9 heteroatoms. The van der Waals surface area contributed by atoms with E-state index in [1.54, 1.807) is 24.3 Å². The van der Waals surface area contributed by atoms with E-state index in [9.17, 15) is 4.39 Å². The number of aromatic nitrogens is 2. The smallest absolute Gasteiger partial charge is 0.292 e. The predicted octanol–water partition coefficient (Wildman–Crippen LogP) is 5.96. The summed E-state index contributed by atoms with van der Waals surface area (Å²) in [5.41, 5.74) is 3.21. The highest BCUT2D eigenvalue weighted by molar-refractivity contribution is 6.32. The number of nitrogens with zero attached hydrogens (tertiary/aromatic N) is 4. The predicted molar refractivity (Wildman–Crippen MR) is 136 cm³/mol. The van der Waals surface area contributed by atoms with Crippen LogP contribution in [0.3, 0.4) is 0 Å². The SMILES string of the molecule is CCN(C1=NCCO1)c1ccc2ncnc(Nc3ccc(OCc4cccc(F)c4)c(Cl)c3)c2c1. The first-order valence-electron chi connectivity index (χ1n) is 11.2. The summed E-state index contributed by atoms with van der Waals surface area (Å²) >= 11 is 6.46. The van der Waals surface area contributed by atoms with E-state index in [4.69, 9.17) is 21.1 Å². The summed E-state index contributed by atoms with van der Waals surface area (Å²) in [6.07, 6.45) is 1.52. The second kappa shape index (κ2) is 10.1. The van der Waals surface area contributed by atoms with Crippen molar-refractivity contribution in [3.05, 3.63) is 83.4 Å². The summed E-state index contributed by atoms with van der Waals surface area (Å²) in [6, 6.07) is 18.2. The zero-order valence-electron chi connectivity index (χ0n) is 19.0. The second-order valence-electron chi connectivity index (χ2n) is 7.87. The lowest BCUT2D eigenvalue weighted by atomic mass is 10.2. The van der Waals surface area contributed by atoms with E-state index in [1.807, 2.05) is 29.2 Å². The van der Waals surface area contributed by atoms with Crippen LogP contribution in [0.2, 0.25) is 5.02 Å². The van der Waals surface area contributed by atoms with Gasteiger partial charge in [0.1, 0.15) is 36.9 Å². The lowest BCUT2D eigenvalue weighted by Gasteiger charge is -2.22. The standard InChI is InChI=1S/C26H23ClFN5O2/c1-2-33(26-29-10-11-34-26)20-7-8-23-21(14-20)25(31-16-30-23)32-19-6-9-24(22(27)13-19)35-15-17-4-3-5-18(28)12-17/h3-9,12-14,16H,2,10-11,15H2,1H3,(H,30,31,32). The molecule has 2 heterocycles. The third kappa shape index (κ3) is 5.12. The van der Waals surface area contributed by atoms with Gasteiger partial charge in [0.25, 0.3) is 6.02 Å². The third-order valence-corrected chi connectivity index (χ3v) is 5.82. The van der Waals surface area contributed by atoms with Crippen LogP contribution in [0.15, 0.2) is 72.0 Å². The number of fused-ring (bicyclic) bond motifs is 1. The molecule has 0 amide bonds. The Labute approximate surface area is 207 Å². The van der Waals surface area contributed by atoms with Gasteiger partial charge in [-0.3, -0.25) is 4.90 Å². The Morgan fingerprint density at radius 2 is 2.03 bits per heavy atom. The van der Waals surface area contributed by atoms with Crippen molar-refractivity contribution in [1.29, 1.82) is 0 Å². The highest BCUT2D eigenvalue weighted by atomic mass is 35.5. The van der Waals surface area contributed by atoms with Crippen LogP contribution in [0.4, 0.5) is 21.6 Å². The Morgan fingerprint density at radius 1 is 1.11 bits per heavy atom. The molecule has 178 valence electrons. The normalized spacial score (nSPS) is 12.8. The van der Waals surface area contributed by atoms with Crippen molar-refractivity contribution >= 4 is 45.7 Å². The van der Waals surface area contributed by atoms with Crippen LogP contribution in [0, 0.1) is 5.82 Å². The number of halogens is 2. The van der Waals surface area contributed by atoms with Gasteiger partial charge in [-0.2, -0.15) is 0 Å². The van der Waals surface area contributed by atoms with Gasteiger partial charge in [-0.15, -0.1) is 0 Å². The highest BCUT2D eigenvalue weighted by Gasteiger charge is 2.18. The number of nitrogens with one attached hydrogen (secondary N) is 1. The zero-order chi connectivity index (χ0) is 24.2. The Hall–Kier alpha value is -3.91. The van der Waals surface area contributed by atoms with Gasteiger partial charge in [0.05, 0.1) is 17.1 Å². The summed E-state index contributed by atoms with van der Waals surface area (Å²) in [6.45, 7) is 4.24. The number of anilines is 3. The largest absolute Gasteiger partial charge is 0.487 e. The fourth-order valence-electron chi connectivity index (χ4n) is 3.85. The summed E-state index contributed by atoms with van der Waals surface area (Å²) < 4.78 is 24.8. The summed E-state index contributed by atoms with van der Waals surface area (Å²) in [5.74, 6) is 0.849. The average Bonchev–Trinajstić information content (AvgIpc) is 3.39. The molecule has 5 rings (SSSR count). The molecule has 1 aliphatic rings. The minimum Gasteiger partial charge on any atom is -0.487 e. The van der Waals surface area contributed by atoms with Gasteiger partial charge < -0.3 is 14.8 Å². The molecular weight excluding hydrogens is 469 g/mol. The van der Waals surface area contributed by atoms with Crippen LogP contribution in [-0.2, 0) is 11.3 Å². The summed E-state index contributed by atoms with van der Waals surface area (Å²) in [4.78, 5) is 15.3. The van der Waals surface area contributed by atoms with Crippen molar-refractivity contribution < 1.29 is 13.9 Å². The van der Waals surface area contributed by atoms with E-state index >= 15 is 0 Å². The second-order valence-corrected chi connectivity index (χ2v) is 8.28. The molecule has 0 radical (unpaired) electrons. The quantitative estimate of drug-likeness (QED) is 0.344. The van der Waals surface area contributed by atoms with Crippen LogP contribution in [-0.4, -0.2) is 35.7 Å². The molecule has 3 aromatic carbocycles. The van der Waals surface area contributed by atoms with Gasteiger partial charge in [0.15, 0.2) is 0 Å². The zero-order valence-corrected chi connectivity index (χ0v) is 19.8. The maximum atomic E-state index is 13.4. The topological polar surface area (TPSA) is 71.9 Å². The van der Waals surface area contributed by atoms with Crippen LogP contribution in [0.5, 0.6) is 5.75 Å². The Bertz CT molecular complexity index is 1400. The maximum absolute atomic E-state index is 13.4. The number of hydrogen-bond donors (Lipinski definition) is 1. The lowest BCUT2D eigenvalue weighted by molar-refractivity contribution is 0.306. The van der Waals surface area contributed by atoms with E-state index in [1.165, 1.54) is 18.5 Å². The average molecular weight is 492 g/mol. The minimum absolute atomic E-state index is 0.215. The van der Waals surface area contributed by atoms with Crippen LogP contribution >= 0.6 is 11.6 Å². The van der Waals surface area contributed by atoms with E-state index < -0.39 is 0 Å². The summed E-state index contributed by atoms with van der Waals surface area (Å²) in [7, 11) is 0. The molecule has 35 heavy (non-hydrogen) atoms. The van der Waals surface area contributed by atoms with Gasteiger partial charge in [-0.1, -0.05) is 23.7 Å². The van der Waals surface area contributed by atoms with Gasteiger partial charge >= 0.3 is 0 Å². The van der Waals surface area contributed by atoms with Crippen LogP contribution < -0.4 is 15.0 Å². The lowest BCUT2D eigenvalue weighted by Crippen LogP contribution is -2.30. The van der Waals surface area contributed by atoms with Gasteiger partial charge in [-0.25, -0.2) is 19.4 Å². The van der Waals surface area contributed by atoms with Crippen LogP contribution in [0.25, 0.3) is 10.9 Å². The number of ether oxygens (including phenoxy) is 2. The molecule has 0 unspecified atom stereocenters. The van der Waals surface area contributed by atoms with Crippen molar-refractivity contribution in [1.82, 2.24) is 9.97 Å². The Balaban J connectivity index is 1.37. The van der Waals surface area contributed by atoms with Crippen molar-refractivity contribution in [3.63, 3.8) is 0 Å². The first-order valence-corrected chi connectivity index (χ1v) is 11.6. The summed E-state index contributed by atoms with van der Waals surface area (Å²) in [5, 5.41) is 4.61. The molecule has 1 aromatic heterocycles. The van der Waals surface area contributed by atoms with E-state index in [2.05, 4.69) is 27.2 Å². The molecule has 0 saturated heterocycles. The molecule has 0 saturated carbocycles. The molecule has 0 aliphatic carbocycles. The van der Waals surface area contributed by atoms with Crippen molar-refractivity contribution in [2.24, 2.45) is 4.99 Å². The van der Waals surface area contributed by atoms with E-state index in [-0.39, 0.29) is 12.4 Å². The molecule has 7 nitrogen and oxygen atoms in total. The highest BCUT2D eigenvalue weighted by Crippen LogP contribution is 2.32. The minimum atomic E-state index is -0.303. The molecular formula is C26H23ClFN5O2. The number of benzene rings is 3. The van der Waals surface area contributed by atoms with E-state index in [0.29, 0.717) is 42.3 Å². The van der Waals surface area contributed by atoms with Gasteiger partial charge in [0.2, 0.25) is 0 Å². The molecule has 0 fully saturated rings. The molecule has 0 atom stereocenters. The fourth-order valence-corrected chi connectivity index (χ4v) is 4.08. The number of aliphatic imine (C=N–C) groups is 1. The monoisotopic (exact) mass is 491 g/mol. The number of amidine groups is 1. The molecule has 1 N–H and O–H groups in total. The van der Waals surface area contributed by atoms with Crippen molar-refractivity contribution in [3.8, 4) is 5.75 Å². The Morgan fingerprint density at radius 3 is 2.80 bits per heavy atom. The van der Waals surface area contributed by atoms with Crippen molar-refractivity contribution in [2.45, 2.75) is 13.5 Å². The fraction of sp³-hybridized carbons (Fsp3) is 0.192. The van der Waals surface area contributed by atoms with E-state index in [0.717, 1.165) is 27.8 Å². The number of hydrogen-bond acceptors (Lipinski definition) is 7. The third-order valence-electron chi connectivity index (χ3n) is 5.53. The van der Waals surface area contributed by atoms with Gasteiger partial charge in [-0.05, 0) is 61.0 Å². The maximum Gasteiger partial charge on any atom is 0.292 e.